The molecule has 2 heteroatoms. The van der Waals surface area contributed by atoms with E-state index in [4.69, 9.17) is 6.42 Å². The lowest BCUT2D eigenvalue weighted by Gasteiger charge is -2.66. The highest BCUT2D eigenvalue weighted by Crippen LogP contribution is 2.69. The summed E-state index contributed by atoms with van der Waals surface area (Å²) in [4.78, 5) is 0. The lowest BCUT2D eigenvalue weighted by molar-refractivity contribution is -0.109. The molecule has 5 rings (SSSR count). The van der Waals surface area contributed by atoms with E-state index in [0.29, 0.717) is 16.2 Å². The standard InChI is InChI=1S/C26H40Si2/c1-10-21-22(27(4,5)6)11-20(12-23(21)28(7,8)9)26-15-19-13-24(2,17-26)16-25(3,14-19)18-26/h1,11-12,19H,13-18H2,2-9H3. The molecule has 28 heavy (non-hydrogen) atoms. The Bertz CT molecular complexity index is 805. The number of hydrogen-bond acceptors (Lipinski definition) is 0. The first-order valence-electron chi connectivity index (χ1n) is 11.4. The Hall–Kier alpha value is -0.786. The Morgan fingerprint density at radius 3 is 1.64 bits per heavy atom. The van der Waals surface area contributed by atoms with Crippen LogP contribution in [-0.2, 0) is 5.41 Å². The largest absolute Gasteiger partial charge is 0.115 e. The highest BCUT2D eigenvalue weighted by molar-refractivity contribution is 6.92. The zero-order chi connectivity index (χ0) is 20.8. The monoisotopic (exact) mass is 408 g/mol. The fourth-order valence-corrected chi connectivity index (χ4v) is 11.3. The molecule has 4 saturated carbocycles. The lowest BCUT2D eigenvalue weighted by atomic mass is 9.39. The van der Waals surface area contributed by atoms with E-state index in [0.717, 1.165) is 5.92 Å². The zero-order valence-electron chi connectivity index (χ0n) is 19.6. The summed E-state index contributed by atoms with van der Waals surface area (Å²) >= 11 is 0. The van der Waals surface area contributed by atoms with Gasteiger partial charge < -0.3 is 0 Å². The van der Waals surface area contributed by atoms with Gasteiger partial charge in [0.25, 0.3) is 0 Å². The first-order chi connectivity index (χ1) is 12.7. The van der Waals surface area contributed by atoms with Crippen LogP contribution in [0.15, 0.2) is 12.1 Å². The SMILES string of the molecule is C#Cc1c([Si](C)(C)C)cc(C23CC4CC(C)(CC(C)(C4)C2)C3)cc1[Si](C)(C)C. The highest BCUT2D eigenvalue weighted by atomic mass is 28.3. The molecule has 4 aliphatic rings. The average Bonchev–Trinajstić information content (AvgIpc) is 2.48. The van der Waals surface area contributed by atoms with Gasteiger partial charge in [0, 0.05) is 5.56 Å². The van der Waals surface area contributed by atoms with Gasteiger partial charge in [0.2, 0.25) is 0 Å². The van der Waals surface area contributed by atoms with Gasteiger partial charge in [0.1, 0.15) is 0 Å². The third-order valence-electron chi connectivity index (χ3n) is 8.14. The Morgan fingerprint density at radius 1 is 0.821 bits per heavy atom. The van der Waals surface area contributed by atoms with Crippen molar-refractivity contribution in [1.82, 2.24) is 0 Å². The van der Waals surface area contributed by atoms with Crippen LogP contribution in [0.5, 0.6) is 0 Å². The van der Waals surface area contributed by atoms with Crippen molar-refractivity contribution in [3.8, 4) is 12.3 Å². The number of benzene rings is 1. The van der Waals surface area contributed by atoms with Gasteiger partial charge in [-0.2, -0.15) is 0 Å². The van der Waals surface area contributed by atoms with E-state index in [2.05, 4.69) is 71.2 Å². The minimum Gasteiger partial charge on any atom is -0.115 e. The molecule has 0 amide bonds. The molecule has 0 N–H and O–H groups in total. The molecular weight excluding hydrogens is 368 g/mol. The molecule has 0 heterocycles. The molecule has 4 aliphatic carbocycles. The van der Waals surface area contributed by atoms with Crippen molar-refractivity contribution in [3.05, 3.63) is 23.3 Å². The van der Waals surface area contributed by atoms with Crippen molar-refractivity contribution in [2.24, 2.45) is 16.7 Å². The van der Waals surface area contributed by atoms with Gasteiger partial charge in [-0.1, -0.05) is 71.2 Å². The van der Waals surface area contributed by atoms with Crippen LogP contribution in [0.3, 0.4) is 0 Å². The number of rotatable bonds is 3. The topological polar surface area (TPSA) is 0 Å². The maximum absolute atomic E-state index is 6.14. The fraction of sp³-hybridized carbons (Fsp3) is 0.692. The van der Waals surface area contributed by atoms with E-state index in [-0.39, 0.29) is 0 Å². The van der Waals surface area contributed by atoms with E-state index in [9.17, 15) is 0 Å². The second-order valence-corrected chi connectivity index (χ2v) is 23.6. The van der Waals surface area contributed by atoms with Gasteiger partial charge in [-0.3, -0.25) is 0 Å². The second-order valence-electron chi connectivity index (χ2n) is 13.5. The van der Waals surface area contributed by atoms with Crippen LogP contribution in [0.1, 0.15) is 63.5 Å². The van der Waals surface area contributed by atoms with Crippen LogP contribution in [-0.4, -0.2) is 16.1 Å². The van der Waals surface area contributed by atoms with Gasteiger partial charge in [-0.05, 0) is 76.6 Å². The van der Waals surface area contributed by atoms with Crippen LogP contribution < -0.4 is 10.4 Å². The Labute approximate surface area is 175 Å². The molecule has 0 nitrogen and oxygen atoms in total. The van der Waals surface area contributed by atoms with Crippen LogP contribution in [0.2, 0.25) is 39.3 Å². The molecule has 2 unspecified atom stereocenters. The summed E-state index contributed by atoms with van der Waals surface area (Å²) in [7, 11) is -3.02. The zero-order valence-corrected chi connectivity index (χ0v) is 21.6. The normalized spacial score (nSPS) is 37.2. The van der Waals surface area contributed by atoms with E-state index in [1.807, 2.05) is 0 Å². The molecule has 1 aromatic carbocycles. The third-order valence-corrected chi connectivity index (χ3v) is 12.2. The minimum atomic E-state index is -1.51. The van der Waals surface area contributed by atoms with E-state index in [1.165, 1.54) is 44.1 Å². The first kappa shape index (κ1) is 20.5. The summed E-state index contributed by atoms with van der Waals surface area (Å²) in [5, 5.41) is 3.10. The average molecular weight is 409 g/mol. The molecule has 4 bridgehead atoms. The van der Waals surface area contributed by atoms with Crippen molar-refractivity contribution in [1.29, 1.82) is 0 Å². The van der Waals surface area contributed by atoms with Crippen LogP contribution in [0.4, 0.5) is 0 Å². The maximum Gasteiger partial charge on any atom is 0.0792 e. The fourth-order valence-electron chi connectivity index (χ4n) is 8.06. The molecule has 0 saturated heterocycles. The van der Waals surface area contributed by atoms with Crippen molar-refractivity contribution in [2.75, 3.05) is 0 Å². The maximum atomic E-state index is 6.14. The quantitative estimate of drug-likeness (QED) is 0.424. The van der Waals surface area contributed by atoms with Gasteiger partial charge in [-0.15, -0.1) is 6.42 Å². The third kappa shape index (κ3) is 3.18. The molecule has 0 aromatic heterocycles. The molecule has 2 atom stereocenters. The lowest BCUT2D eigenvalue weighted by Crippen LogP contribution is -2.58. The summed E-state index contributed by atoms with van der Waals surface area (Å²) in [6, 6.07) is 5.23. The van der Waals surface area contributed by atoms with Gasteiger partial charge in [0.05, 0.1) is 16.1 Å². The highest BCUT2D eigenvalue weighted by Gasteiger charge is 2.60. The van der Waals surface area contributed by atoms with Gasteiger partial charge >= 0.3 is 0 Å². The van der Waals surface area contributed by atoms with Crippen molar-refractivity contribution >= 4 is 26.5 Å². The Kier molecular flexibility index (Phi) is 4.31. The number of hydrogen-bond donors (Lipinski definition) is 0. The van der Waals surface area contributed by atoms with Gasteiger partial charge in [0.15, 0.2) is 0 Å². The van der Waals surface area contributed by atoms with Crippen molar-refractivity contribution in [2.45, 2.75) is 97.1 Å². The molecule has 4 fully saturated rings. The molecule has 0 radical (unpaired) electrons. The molecular formula is C26H40Si2. The number of terminal acetylenes is 1. The predicted octanol–water partition coefficient (Wildman–Crippen LogP) is 6.01. The van der Waals surface area contributed by atoms with Crippen molar-refractivity contribution < 1.29 is 0 Å². The van der Waals surface area contributed by atoms with Crippen LogP contribution >= 0.6 is 0 Å². The molecule has 0 spiro atoms. The predicted molar refractivity (Wildman–Crippen MR) is 129 cm³/mol. The van der Waals surface area contributed by atoms with Gasteiger partial charge in [-0.25, -0.2) is 0 Å². The van der Waals surface area contributed by atoms with E-state index in [1.54, 1.807) is 15.9 Å². The molecule has 1 aromatic rings. The first-order valence-corrected chi connectivity index (χ1v) is 18.4. The molecule has 0 aliphatic heterocycles. The summed E-state index contributed by atoms with van der Waals surface area (Å²) in [6.45, 7) is 20.0. The molecule has 152 valence electrons. The van der Waals surface area contributed by atoms with E-state index < -0.39 is 16.1 Å². The van der Waals surface area contributed by atoms with Crippen LogP contribution in [0.25, 0.3) is 0 Å². The summed E-state index contributed by atoms with van der Waals surface area (Å²) in [6.07, 6.45) is 14.7. The van der Waals surface area contributed by atoms with Crippen LogP contribution in [0, 0.1) is 29.1 Å². The summed E-state index contributed by atoms with van der Waals surface area (Å²) < 4.78 is 0. The van der Waals surface area contributed by atoms with Crippen molar-refractivity contribution in [3.63, 3.8) is 0 Å². The summed E-state index contributed by atoms with van der Waals surface area (Å²) in [5.74, 6) is 4.10. The summed E-state index contributed by atoms with van der Waals surface area (Å²) in [5.41, 5.74) is 4.45. The smallest absolute Gasteiger partial charge is 0.0792 e. The Morgan fingerprint density at radius 2 is 1.29 bits per heavy atom. The minimum absolute atomic E-state index is 0.402. The Balaban J connectivity index is 1.95. The van der Waals surface area contributed by atoms with E-state index >= 15 is 0 Å². The second kappa shape index (κ2) is 5.89.